The Labute approximate surface area is 142 Å². The van der Waals surface area contributed by atoms with Crippen LogP contribution in [0.1, 0.15) is 17.0 Å². The van der Waals surface area contributed by atoms with Gasteiger partial charge in [0.15, 0.2) is 11.5 Å². The molecule has 7 nitrogen and oxygen atoms in total. The first-order valence-electron chi connectivity index (χ1n) is 7.33. The minimum Gasteiger partial charge on any atom is -0.508 e. The van der Waals surface area contributed by atoms with E-state index in [1.165, 1.54) is 36.4 Å². The lowest BCUT2D eigenvalue weighted by atomic mass is 9.87. The van der Waals surface area contributed by atoms with Crippen molar-refractivity contribution in [3.8, 4) is 17.2 Å². The van der Waals surface area contributed by atoms with E-state index in [4.69, 9.17) is 4.74 Å². The highest BCUT2D eigenvalue weighted by atomic mass is 16.6. The second-order valence-electron chi connectivity index (χ2n) is 5.58. The molecule has 2 atom stereocenters. The minimum atomic E-state index is -1.44. The second-order valence-corrected chi connectivity index (χ2v) is 5.58. The third kappa shape index (κ3) is 3.12. The zero-order valence-corrected chi connectivity index (χ0v) is 12.8. The first-order chi connectivity index (χ1) is 11.9. The SMILES string of the molecule is O=C1O[C@@H](C(=O)O)[C@H](c2ccc(O)c(O)c2)C1=Cc1ccc(O)cc1. The van der Waals surface area contributed by atoms with Gasteiger partial charge in [-0.2, -0.15) is 0 Å². The Morgan fingerprint density at radius 3 is 2.28 bits per heavy atom. The van der Waals surface area contributed by atoms with Gasteiger partial charge >= 0.3 is 11.9 Å². The van der Waals surface area contributed by atoms with Crippen molar-refractivity contribution in [3.05, 3.63) is 59.2 Å². The van der Waals surface area contributed by atoms with Gasteiger partial charge in [0, 0.05) is 5.57 Å². The maximum absolute atomic E-state index is 12.2. The van der Waals surface area contributed by atoms with Crippen molar-refractivity contribution in [1.29, 1.82) is 0 Å². The van der Waals surface area contributed by atoms with Crippen molar-refractivity contribution in [1.82, 2.24) is 0 Å². The van der Waals surface area contributed by atoms with Crippen LogP contribution >= 0.6 is 0 Å². The molecule has 0 bridgehead atoms. The standard InChI is InChI=1S/C18H14O7/c19-11-4-1-9(2-5-11)7-12-15(16(17(22)23)25-18(12)24)10-3-6-13(20)14(21)8-10/h1-8,15-16,19-21H,(H,22,23)/t15-,16-/m1/s1. The first kappa shape index (κ1) is 16.4. The van der Waals surface area contributed by atoms with E-state index in [0.717, 1.165) is 0 Å². The number of esters is 1. The van der Waals surface area contributed by atoms with Gasteiger partial charge in [-0.25, -0.2) is 9.59 Å². The summed E-state index contributed by atoms with van der Waals surface area (Å²) >= 11 is 0. The van der Waals surface area contributed by atoms with Gasteiger partial charge < -0.3 is 25.2 Å². The van der Waals surface area contributed by atoms with Crippen molar-refractivity contribution >= 4 is 18.0 Å². The average molecular weight is 342 g/mol. The number of phenols is 3. The number of hydrogen-bond donors (Lipinski definition) is 4. The number of aromatic hydroxyl groups is 3. The molecule has 3 rings (SSSR count). The van der Waals surface area contributed by atoms with Crippen molar-refractivity contribution in [2.75, 3.05) is 0 Å². The van der Waals surface area contributed by atoms with E-state index < -0.39 is 29.7 Å². The molecular weight excluding hydrogens is 328 g/mol. The summed E-state index contributed by atoms with van der Waals surface area (Å²) in [6, 6.07) is 9.82. The van der Waals surface area contributed by atoms with Crippen LogP contribution in [0.3, 0.4) is 0 Å². The maximum atomic E-state index is 12.2. The normalized spacial score (nSPS) is 21.3. The van der Waals surface area contributed by atoms with Crippen molar-refractivity contribution in [2.24, 2.45) is 0 Å². The molecular formula is C18H14O7. The van der Waals surface area contributed by atoms with Crippen LogP contribution in [0, 0.1) is 0 Å². The molecule has 25 heavy (non-hydrogen) atoms. The number of hydrogen-bond acceptors (Lipinski definition) is 6. The van der Waals surface area contributed by atoms with Gasteiger partial charge in [0.1, 0.15) is 5.75 Å². The van der Waals surface area contributed by atoms with E-state index in [1.807, 2.05) is 0 Å². The first-order valence-corrected chi connectivity index (χ1v) is 7.33. The lowest BCUT2D eigenvalue weighted by Gasteiger charge is -2.15. The third-order valence-corrected chi connectivity index (χ3v) is 3.92. The Kier molecular flexibility index (Phi) is 4.06. The van der Waals surface area contributed by atoms with Crippen LogP contribution in [-0.4, -0.2) is 38.5 Å². The number of carboxylic acid groups (broad SMARTS) is 1. The number of ether oxygens (including phenoxy) is 1. The van der Waals surface area contributed by atoms with E-state index in [-0.39, 0.29) is 17.1 Å². The summed E-state index contributed by atoms with van der Waals surface area (Å²) in [5.41, 5.74) is 0.991. The van der Waals surface area contributed by atoms with Crippen molar-refractivity contribution in [3.63, 3.8) is 0 Å². The molecule has 1 aliphatic heterocycles. The number of rotatable bonds is 3. The Morgan fingerprint density at radius 1 is 1.00 bits per heavy atom. The van der Waals surface area contributed by atoms with Crippen LogP contribution in [0.15, 0.2) is 48.0 Å². The van der Waals surface area contributed by atoms with E-state index in [2.05, 4.69) is 0 Å². The molecule has 0 radical (unpaired) electrons. The van der Waals surface area contributed by atoms with Gasteiger partial charge in [-0.15, -0.1) is 0 Å². The fourth-order valence-electron chi connectivity index (χ4n) is 2.72. The number of carbonyl (C=O) groups excluding carboxylic acids is 1. The Hall–Kier alpha value is -3.48. The van der Waals surface area contributed by atoms with E-state index in [0.29, 0.717) is 11.1 Å². The molecule has 1 heterocycles. The van der Waals surface area contributed by atoms with Gasteiger partial charge in [-0.3, -0.25) is 0 Å². The predicted molar refractivity (Wildman–Crippen MR) is 86.1 cm³/mol. The molecule has 0 aliphatic carbocycles. The van der Waals surface area contributed by atoms with Crippen LogP contribution < -0.4 is 0 Å². The highest BCUT2D eigenvalue weighted by molar-refractivity contribution is 6.01. The number of cyclic esters (lactones) is 1. The summed E-state index contributed by atoms with van der Waals surface area (Å²) in [6.45, 7) is 0. The summed E-state index contributed by atoms with van der Waals surface area (Å²) in [4.78, 5) is 23.7. The molecule has 0 aromatic heterocycles. The average Bonchev–Trinajstić information content (AvgIpc) is 2.89. The Bertz CT molecular complexity index is 867. The smallest absolute Gasteiger partial charge is 0.346 e. The second kappa shape index (κ2) is 6.20. The largest absolute Gasteiger partial charge is 0.508 e. The molecule has 0 amide bonds. The molecule has 2 aromatic carbocycles. The molecule has 4 N–H and O–H groups in total. The van der Waals surface area contributed by atoms with Crippen LogP contribution in [0.5, 0.6) is 17.2 Å². The minimum absolute atomic E-state index is 0.0552. The molecule has 1 saturated heterocycles. The molecule has 1 fully saturated rings. The topological polar surface area (TPSA) is 124 Å². The fourth-order valence-corrected chi connectivity index (χ4v) is 2.72. The van der Waals surface area contributed by atoms with Crippen molar-refractivity contribution < 1.29 is 34.8 Å². The van der Waals surface area contributed by atoms with E-state index in [1.54, 1.807) is 12.1 Å². The fraction of sp³-hybridized carbons (Fsp3) is 0.111. The maximum Gasteiger partial charge on any atom is 0.346 e. The van der Waals surface area contributed by atoms with E-state index >= 15 is 0 Å². The lowest BCUT2D eigenvalue weighted by Crippen LogP contribution is -2.25. The number of carboxylic acids is 1. The molecule has 2 aromatic rings. The van der Waals surface area contributed by atoms with E-state index in [9.17, 15) is 30.0 Å². The molecule has 1 aliphatic rings. The van der Waals surface area contributed by atoms with Crippen LogP contribution in [0.4, 0.5) is 0 Å². The number of carbonyl (C=O) groups is 2. The molecule has 0 spiro atoms. The van der Waals surface area contributed by atoms with Gasteiger partial charge in [0.25, 0.3) is 0 Å². The lowest BCUT2D eigenvalue weighted by molar-refractivity contribution is -0.156. The van der Waals surface area contributed by atoms with Crippen molar-refractivity contribution in [2.45, 2.75) is 12.0 Å². The van der Waals surface area contributed by atoms with Gasteiger partial charge in [0.2, 0.25) is 6.10 Å². The highest BCUT2D eigenvalue weighted by Crippen LogP contribution is 2.40. The number of phenolic OH excluding ortho intramolecular Hbond substituents is 3. The monoisotopic (exact) mass is 342 g/mol. The summed E-state index contributed by atoms with van der Waals surface area (Å²) in [5, 5.41) is 37.8. The van der Waals surface area contributed by atoms with Gasteiger partial charge in [-0.1, -0.05) is 18.2 Å². The zero-order valence-electron chi connectivity index (χ0n) is 12.8. The molecule has 0 saturated carbocycles. The zero-order chi connectivity index (χ0) is 18.1. The quantitative estimate of drug-likeness (QED) is 0.382. The summed E-state index contributed by atoms with van der Waals surface area (Å²) in [6.07, 6.45) is 0.0269. The summed E-state index contributed by atoms with van der Waals surface area (Å²) in [5.74, 6) is -3.78. The molecule has 0 unspecified atom stereocenters. The summed E-state index contributed by atoms with van der Waals surface area (Å²) < 4.78 is 4.97. The highest BCUT2D eigenvalue weighted by Gasteiger charge is 2.45. The number of aliphatic carboxylic acids is 1. The van der Waals surface area contributed by atoms with Crippen LogP contribution in [0.25, 0.3) is 6.08 Å². The Morgan fingerprint density at radius 2 is 1.68 bits per heavy atom. The van der Waals surface area contributed by atoms with Crippen LogP contribution in [0.2, 0.25) is 0 Å². The number of benzene rings is 2. The summed E-state index contributed by atoms with van der Waals surface area (Å²) in [7, 11) is 0. The Balaban J connectivity index is 2.10. The predicted octanol–water partition coefficient (Wildman–Crippen LogP) is 1.98. The molecule has 128 valence electrons. The molecule has 7 heteroatoms. The van der Waals surface area contributed by atoms with Crippen LogP contribution in [-0.2, 0) is 14.3 Å². The third-order valence-electron chi connectivity index (χ3n) is 3.92. The van der Waals surface area contributed by atoms with Gasteiger partial charge in [0.05, 0.1) is 5.92 Å². The van der Waals surface area contributed by atoms with Gasteiger partial charge in [-0.05, 0) is 41.5 Å².